The van der Waals surface area contributed by atoms with Gasteiger partial charge < -0.3 is 26.6 Å². The number of nitrogens with one attached hydrogen (secondary N) is 3. The molecule has 6 heteroatoms. The normalized spacial score (nSPS) is 13.8. The Bertz CT molecular complexity index is 1660. The van der Waals surface area contributed by atoms with Crippen LogP contribution in [0.15, 0.2) is 133 Å². The molecular formula is C41H54N6. The van der Waals surface area contributed by atoms with Crippen LogP contribution in [0.4, 0.5) is 5.69 Å². The number of aliphatic imine (C=N–C) groups is 1. The summed E-state index contributed by atoms with van der Waals surface area (Å²) >= 11 is 0. The van der Waals surface area contributed by atoms with E-state index in [4.69, 9.17) is 10.7 Å². The second-order valence-corrected chi connectivity index (χ2v) is 12.3. The van der Waals surface area contributed by atoms with Crippen LogP contribution in [0.3, 0.4) is 0 Å². The van der Waals surface area contributed by atoms with Crippen LogP contribution in [-0.4, -0.2) is 17.7 Å². The van der Waals surface area contributed by atoms with Gasteiger partial charge in [-0.15, -0.1) is 0 Å². The maximum Gasteiger partial charge on any atom is 0.133 e. The van der Waals surface area contributed by atoms with Gasteiger partial charge in [0, 0.05) is 42.8 Å². The fraction of sp³-hybridized carbons (Fsp3) is 0.293. The predicted octanol–water partition coefficient (Wildman–Crippen LogP) is 9.45. The predicted molar refractivity (Wildman–Crippen MR) is 204 cm³/mol. The van der Waals surface area contributed by atoms with E-state index in [1.54, 1.807) is 6.08 Å². The molecule has 1 atom stereocenters. The number of aryl methyl sites for hydroxylation is 2. The highest BCUT2D eigenvalue weighted by Gasteiger charge is 2.20. The van der Waals surface area contributed by atoms with Crippen molar-refractivity contribution in [2.45, 2.75) is 72.9 Å². The van der Waals surface area contributed by atoms with E-state index in [1.807, 2.05) is 31.0 Å². The lowest BCUT2D eigenvalue weighted by molar-refractivity contribution is 0.512. The van der Waals surface area contributed by atoms with Crippen LogP contribution in [0, 0.1) is 13.8 Å². The number of likely N-dealkylation sites (N-methyl/N-ethyl adjacent to an activating group) is 1. The van der Waals surface area contributed by atoms with E-state index in [2.05, 4.69) is 113 Å². The number of nitrogens with two attached hydrogens (primary N) is 1. The van der Waals surface area contributed by atoms with Crippen molar-refractivity contribution in [3.05, 3.63) is 156 Å². The van der Waals surface area contributed by atoms with Gasteiger partial charge >= 0.3 is 0 Å². The topological polar surface area (TPSA) is 77.7 Å². The Balaban J connectivity index is 1.69. The molecule has 0 amide bonds. The summed E-state index contributed by atoms with van der Waals surface area (Å²) in [6, 6.07) is 12.9. The average Bonchev–Trinajstić information content (AvgIpc) is 3.01. The first-order chi connectivity index (χ1) is 22.3. The highest BCUT2D eigenvalue weighted by atomic mass is 15.2. The smallest absolute Gasteiger partial charge is 0.133 e. The molecule has 0 spiro atoms. The number of hydrogen-bond acceptors (Lipinski definition) is 6. The minimum Gasteiger partial charge on any atom is -0.399 e. The summed E-state index contributed by atoms with van der Waals surface area (Å²) in [7, 11) is 1.92. The lowest BCUT2D eigenvalue weighted by Gasteiger charge is -2.27. The molecule has 1 aliphatic rings. The first-order valence-electron chi connectivity index (χ1n) is 16.3. The lowest BCUT2D eigenvalue weighted by Crippen LogP contribution is -2.26. The maximum atomic E-state index is 5.96. The zero-order valence-corrected chi connectivity index (χ0v) is 29.4. The quantitative estimate of drug-likeness (QED) is 0.0975. The molecule has 2 aromatic carbocycles. The van der Waals surface area contributed by atoms with Crippen molar-refractivity contribution in [3.63, 3.8) is 0 Å². The van der Waals surface area contributed by atoms with Gasteiger partial charge in [-0.2, -0.15) is 0 Å². The van der Waals surface area contributed by atoms with Crippen molar-refractivity contribution in [1.82, 2.24) is 15.5 Å². The van der Waals surface area contributed by atoms with Crippen LogP contribution < -0.4 is 21.7 Å². The molecule has 0 aromatic heterocycles. The van der Waals surface area contributed by atoms with Gasteiger partial charge in [0.15, 0.2) is 0 Å². The average molecular weight is 631 g/mol. The Morgan fingerprint density at radius 2 is 1.79 bits per heavy atom. The molecular weight excluding hydrogens is 576 g/mol. The molecule has 2 aromatic rings. The SMILES string of the molecule is C=C/C=C(/N=C(\C)C(=C)N[C@@H](CCC)c1ccc(C(=C)N)c(C)c1)N(C)C(=C)C(=C)NCc1cc(C)cc(NC2=C(CC)C(=C)C2)c1. The molecule has 1 aliphatic carbocycles. The second-order valence-electron chi connectivity index (χ2n) is 12.3. The van der Waals surface area contributed by atoms with Gasteiger partial charge in [0.25, 0.3) is 0 Å². The maximum absolute atomic E-state index is 5.96. The molecule has 0 unspecified atom stereocenters. The summed E-state index contributed by atoms with van der Waals surface area (Å²) in [5.41, 5.74) is 19.9. The molecule has 0 saturated heterocycles. The molecule has 5 N–H and O–H groups in total. The molecule has 0 aliphatic heterocycles. The number of benzene rings is 2. The van der Waals surface area contributed by atoms with Crippen molar-refractivity contribution >= 4 is 17.1 Å². The van der Waals surface area contributed by atoms with Crippen molar-refractivity contribution in [2.24, 2.45) is 10.7 Å². The summed E-state index contributed by atoms with van der Waals surface area (Å²) in [6.07, 6.45) is 7.44. The second kappa shape index (κ2) is 16.5. The van der Waals surface area contributed by atoms with Gasteiger partial charge in [-0.05, 0) is 90.8 Å². The van der Waals surface area contributed by atoms with E-state index in [0.717, 1.165) is 59.5 Å². The van der Waals surface area contributed by atoms with E-state index >= 15 is 0 Å². The molecule has 3 rings (SSSR count). The van der Waals surface area contributed by atoms with Gasteiger partial charge in [-0.25, -0.2) is 4.99 Å². The number of rotatable bonds is 18. The standard InChI is InChI=1S/C41H54N6/c1-13-16-39(35-18-19-38(29(7)42)27(5)22-35)44-30(8)31(9)45-41(17-14-2)47(12)33(11)32(10)43-25-34-20-26(4)21-36(24-34)46-40-23-28(6)37(40)15-3/h14,17-22,24,39,43-44,46H,2,6-8,10-11,13,15-16,23,25,42H2,1,3-5,9,12H3/b41-17-,45-31+/t39-/m0/s1. The molecule has 0 heterocycles. The largest absolute Gasteiger partial charge is 0.399 e. The number of nitrogens with zero attached hydrogens (tertiary/aromatic N) is 2. The minimum atomic E-state index is 0.0795. The molecule has 6 nitrogen and oxygen atoms in total. The van der Waals surface area contributed by atoms with Crippen LogP contribution in [0.2, 0.25) is 0 Å². The minimum absolute atomic E-state index is 0.0795. The van der Waals surface area contributed by atoms with Crippen molar-refractivity contribution < 1.29 is 0 Å². The van der Waals surface area contributed by atoms with Crippen LogP contribution in [-0.2, 0) is 6.54 Å². The molecule has 248 valence electrons. The Morgan fingerprint density at radius 3 is 2.38 bits per heavy atom. The Kier molecular flexibility index (Phi) is 12.9. The van der Waals surface area contributed by atoms with Gasteiger partial charge in [0.05, 0.1) is 23.1 Å². The lowest BCUT2D eigenvalue weighted by atomic mass is 9.87. The Labute approximate surface area is 283 Å². The summed E-state index contributed by atoms with van der Waals surface area (Å²) in [5, 5.41) is 10.7. The Hall–Kier alpha value is -4.97. The van der Waals surface area contributed by atoms with E-state index < -0.39 is 0 Å². The van der Waals surface area contributed by atoms with Gasteiger partial charge in [0.2, 0.25) is 0 Å². The monoisotopic (exact) mass is 630 g/mol. The van der Waals surface area contributed by atoms with Crippen LogP contribution in [0.1, 0.15) is 80.3 Å². The van der Waals surface area contributed by atoms with E-state index in [-0.39, 0.29) is 6.04 Å². The van der Waals surface area contributed by atoms with Crippen molar-refractivity contribution in [3.8, 4) is 0 Å². The molecule has 47 heavy (non-hydrogen) atoms. The zero-order valence-electron chi connectivity index (χ0n) is 29.4. The summed E-state index contributed by atoms with van der Waals surface area (Å²) in [6.45, 7) is 36.0. The zero-order chi connectivity index (χ0) is 34.8. The van der Waals surface area contributed by atoms with Crippen LogP contribution in [0.25, 0.3) is 5.70 Å². The fourth-order valence-corrected chi connectivity index (χ4v) is 5.74. The Morgan fingerprint density at radius 1 is 1.06 bits per heavy atom. The van der Waals surface area contributed by atoms with Crippen molar-refractivity contribution in [1.29, 1.82) is 0 Å². The third kappa shape index (κ3) is 9.52. The highest BCUT2D eigenvalue weighted by molar-refractivity contribution is 5.97. The molecule has 0 saturated carbocycles. The molecule has 0 radical (unpaired) electrons. The third-order valence-electron chi connectivity index (χ3n) is 8.48. The summed E-state index contributed by atoms with van der Waals surface area (Å²) in [5.74, 6) is 0.672. The van der Waals surface area contributed by atoms with Crippen LogP contribution >= 0.6 is 0 Å². The third-order valence-corrected chi connectivity index (χ3v) is 8.48. The number of anilines is 1. The number of hydrogen-bond donors (Lipinski definition) is 4. The fourth-order valence-electron chi connectivity index (χ4n) is 5.74. The summed E-state index contributed by atoms with van der Waals surface area (Å²) in [4.78, 5) is 6.83. The van der Waals surface area contributed by atoms with Crippen molar-refractivity contribution in [2.75, 3.05) is 12.4 Å². The number of allylic oxidation sites excluding steroid dienone is 5. The van der Waals surface area contributed by atoms with Crippen LogP contribution in [0.5, 0.6) is 0 Å². The first-order valence-corrected chi connectivity index (χ1v) is 16.3. The van der Waals surface area contributed by atoms with Gasteiger partial charge in [0.1, 0.15) is 5.82 Å². The van der Waals surface area contributed by atoms with E-state index in [9.17, 15) is 0 Å². The molecule has 0 fully saturated rings. The van der Waals surface area contributed by atoms with Gasteiger partial charge in [-0.3, -0.25) is 0 Å². The van der Waals surface area contributed by atoms with Gasteiger partial charge in [-0.1, -0.05) is 90.1 Å². The molecule has 0 bridgehead atoms. The van der Waals surface area contributed by atoms with E-state index in [1.165, 1.54) is 28.0 Å². The summed E-state index contributed by atoms with van der Waals surface area (Å²) < 4.78 is 0. The first kappa shape index (κ1) is 36.5. The highest BCUT2D eigenvalue weighted by Crippen LogP contribution is 2.35. The van der Waals surface area contributed by atoms with E-state index in [0.29, 0.717) is 29.5 Å².